The van der Waals surface area contributed by atoms with E-state index in [1.807, 2.05) is 30.3 Å². The average Bonchev–Trinajstić information content (AvgIpc) is 2.83. The van der Waals surface area contributed by atoms with Gasteiger partial charge >= 0.3 is 0 Å². The van der Waals surface area contributed by atoms with Gasteiger partial charge in [0.2, 0.25) is 0 Å². The van der Waals surface area contributed by atoms with E-state index in [2.05, 4.69) is 0 Å². The lowest BCUT2D eigenvalue weighted by Gasteiger charge is -2.30. The van der Waals surface area contributed by atoms with Crippen LogP contribution < -0.4 is 19.3 Å². The zero-order valence-corrected chi connectivity index (χ0v) is 18.6. The zero-order chi connectivity index (χ0) is 23.0. The molecule has 0 radical (unpaired) electrons. The molecule has 0 N–H and O–H groups in total. The Hall–Kier alpha value is -3.14. The number of para-hydroxylation sites is 4. The lowest BCUT2D eigenvalue weighted by Crippen LogP contribution is -2.43. The van der Waals surface area contributed by atoms with E-state index >= 15 is 0 Å². The molecule has 2 aromatic rings. The van der Waals surface area contributed by atoms with Crippen molar-refractivity contribution >= 4 is 23.2 Å². The summed E-state index contributed by atoms with van der Waals surface area (Å²) in [7, 11) is 0. The summed E-state index contributed by atoms with van der Waals surface area (Å²) in [5.74, 6) is 0.471. The van der Waals surface area contributed by atoms with Crippen molar-refractivity contribution in [3.63, 3.8) is 0 Å². The Balaban J connectivity index is 1.70. The van der Waals surface area contributed by atoms with Gasteiger partial charge in [-0.15, -0.1) is 0 Å². The van der Waals surface area contributed by atoms with Crippen molar-refractivity contribution in [1.29, 1.82) is 0 Å². The van der Waals surface area contributed by atoms with Crippen LogP contribution in [0.4, 0.5) is 11.4 Å². The number of carbonyl (C=O) groups excluding carboxylic acids is 2. The molecule has 2 amide bonds. The van der Waals surface area contributed by atoms with Crippen molar-refractivity contribution in [2.75, 3.05) is 62.6 Å². The molecule has 1 fully saturated rings. The normalized spacial score (nSPS) is 20.9. The number of rotatable bonds is 0. The summed E-state index contributed by atoms with van der Waals surface area (Å²) in [6.07, 6.45) is -0.612. The largest absolute Gasteiger partial charge is 0.489 e. The molecule has 9 heteroatoms. The van der Waals surface area contributed by atoms with Gasteiger partial charge in [0.1, 0.15) is 44.2 Å². The van der Waals surface area contributed by atoms with Crippen LogP contribution in [0.2, 0.25) is 0 Å². The summed E-state index contributed by atoms with van der Waals surface area (Å²) in [6.45, 7) is 3.08. The van der Waals surface area contributed by atoms with Gasteiger partial charge in [-0.1, -0.05) is 24.3 Å². The van der Waals surface area contributed by atoms with Crippen molar-refractivity contribution in [3.8, 4) is 11.5 Å². The molecule has 2 bridgehead atoms. The van der Waals surface area contributed by atoms with Crippen LogP contribution in [-0.2, 0) is 23.8 Å². The standard InChI is InChI=1S/C24H28N2O7/c1-18-26-20-7-3-5-9-22(20)33-15-13-29-12-14-32-21-8-4-2-6-19(21)25(10-11-31-18)23(27)16-30-17-24(26)28/h2-9,18H,10-17H2,1H3. The van der Waals surface area contributed by atoms with Crippen LogP contribution in [0, 0.1) is 0 Å². The minimum Gasteiger partial charge on any atom is -0.489 e. The van der Waals surface area contributed by atoms with E-state index in [4.69, 9.17) is 23.7 Å². The highest BCUT2D eigenvalue weighted by Gasteiger charge is 2.28. The maximum Gasteiger partial charge on any atom is 0.255 e. The molecule has 0 aliphatic carbocycles. The number of anilines is 2. The highest BCUT2D eigenvalue weighted by atomic mass is 16.5. The SMILES string of the molecule is CC1OCCN2C(=O)COCC(=O)N1c1ccccc1OCCOCCOc1ccccc12. The molecule has 0 spiro atoms. The van der Waals surface area contributed by atoms with Crippen molar-refractivity contribution in [1.82, 2.24) is 0 Å². The number of amides is 2. The van der Waals surface area contributed by atoms with Crippen LogP contribution in [-0.4, -0.2) is 70.8 Å². The predicted octanol–water partition coefficient (Wildman–Crippen LogP) is 2.23. The molecule has 0 aromatic heterocycles. The van der Waals surface area contributed by atoms with Gasteiger partial charge in [0.15, 0.2) is 0 Å². The number of carbonyl (C=O) groups is 2. The van der Waals surface area contributed by atoms with Gasteiger partial charge in [-0.3, -0.25) is 14.5 Å². The second kappa shape index (κ2) is 11.1. The van der Waals surface area contributed by atoms with Crippen molar-refractivity contribution in [3.05, 3.63) is 48.5 Å². The summed E-state index contributed by atoms with van der Waals surface area (Å²) in [5.41, 5.74) is 1.18. The first-order valence-electron chi connectivity index (χ1n) is 11.0. The Kier molecular flexibility index (Phi) is 7.77. The molecular weight excluding hydrogens is 428 g/mol. The molecule has 176 valence electrons. The van der Waals surface area contributed by atoms with E-state index in [9.17, 15) is 9.59 Å². The van der Waals surface area contributed by atoms with E-state index < -0.39 is 6.23 Å². The Morgan fingerprint density at radius 3 is 2.06 bits per heavy atom. The number of ether oxygens (including phenoxy) is 5. The zero-order valence-electron chi connectivity index (χ0n) is 18.6. The van der Waals surface area contributed by atoms with E-state index in [1.54, 1.807) is 30.0 Å². The topological polar surface area (TPSA) is 86.8 Å². The molecule has 2 heterocycles. The summed E-state index contributed by atoms with van der Waals surface area (Å²) in [5, 5.41) is 0. The lowest BCUT2D eigenvalue weighted by atomic mass is 10.2. The van der Waals surface area contributed by atoms with Crippen LogP contribution in [0.25, 0.3) is 0 Å². The molecule has 0 saturated carbocycles. The number of benzene rings is 2. The highest BCUT2D eigenvalue weighted by molar-refractivity contribution is 5.98. The molecule has 1 atom stereocenters. The summed E-state index contributed by atoms with van der Waals surface area (Å²) in [6, 6.07) is 14.5. The number of hydrogen-bond donors (Lipinski definition) is 0. The van der Waals surface area contributed by atoms with Gasteiger partial charge in [-0.2, -0.15) is 0 Å². The third-order valence-corrected chi connectivity index (χ3v) is 5.31. The van der Waals surface area contributed by atoms with Crippen LogP contribution in [0.3, 0.4) is 0 Å². The van der Waals surface area contributed by atoms with Gasteiger partial charge in [-0.25, -0.2) is 0 Å². The first-order chi connectivity index (χ1) is 16.1. The van der Waals surface area contributed by atoms with Gasteiger partial charge < -0.3 is 28.6 Å². The second-order valence-electron chi connectivity index (χ2n) is 7.52. The Labute approximate surface area is 192 Å². The smallest absolute Gasteiger partial charge is 0.255 e. The molecule has 1 saturated heterocycles. The average molecular weight is 456 g/mol. The molecule has 33 heavy (non-hydrogen) atoms. The first-order valence-corrected chi connectivity index (χ1v) is 11.0. The van der Waals surface area contributed by atoms with E-state index in [0.29, 0.717) is 49.3 Å². The quantitative estimate of drug-likeness (QED) is 0.601. The number of hydrogen-bond acceptors (Lipinski definition) is 7. The fraction of sp³-hybridized carbons (Fsp3) is 0.417. The fourth-order valence-electron chi connectivity index (χ4n) is 3.78. The van der Waals surface area contributed by atoms with Crippen LogP contribution in [0.1, 0.15) is 6.92 Å². The molecule has 1 unspecified atom stereocenters. The molecular formula is C24H28N2O7. The summed E-state index contributed by atoms with van der Waals surface area (Å²) in [4.78, 5) is 29.2. The van der Waals surface area contributed by atoms with Gasteiger partial charge in [-0.05, 0) is 31.2 Å². The van der Waals surface area contributed by atoms with Crippen LogP contribution >= 0.6 is 0 Å². The maximum atomic E-state index is 13.1. The Morgan fingerprint density at radius 2 is 1.33 bits per heavy atom. The first kappa shape index (κ1) is 23.0. The molecule has 9 nitrogen and oxygen atoms in total. The minimum atomic E-state index is -0.612. The minimum absolute atomic E-state index is 0.206. The van der Waals surface area contributed by atoms with E-state index in [1.165, 1.54) is 4.90 Å². The van der Waals surface area contributed by atoms with Gasteiger partial charge in [0.05, 0.1) is 31.2 Å². The molecule has 4 rings (SSSR count). The van der Waals surface area contributed by atoms with E-state index in [-0.39, 0.29) is 38.2 Å². The van der Waals surface area contributed by atoms with Crippen LogP contribution in [0.15, 0.2) is 48.5 Å². The molecule has 2 aliphatic rings. The summed E-state index contributed by atoms with van der Waals surface area (Å²) < 4.78 is 29.0. The van der Waals surface area contributed by atoms with Gasteiger partial charge in [0.25, 0.3) is 11.8 Å². The molecule has 2 aliphatic heterocycles. The Bertz CT molecular complexity index is 967. The van der Waals surface area contributed by atoms with Crippen molar-refractivity contribution < 1.29 is 33.3 Å². The van der Waals surface area contributed by atoms with Crippen molar-refractivity contribution in [2.24, 2.45) is 0 Å². The van der Waals surface area contributed by atoms with Crippen molar-refractivity contribution in [2.45, 2.75) is 13.2 Å². The predicted molar refractivity (Wildman–Crippen MR) is 121 cm³/mol. The third kappa shape index (κ3) is 5.62. The van der Waals surface area contributed by atoms with Crippen LogP contribution in [0.5, 0.6) is 11.5 Å². The third-order valence-electron chi connectivity index (χ3n) is 5.31. The lowest BCUT2D eigenvalue weighted by molar-refractivity contribution is -0.128. The van der Waals surface area contributed by atoms with E-state index in [0.717, 1.165) is 0 Å². The summed E-state index contributed by atoms with van der Waals surface area (Å²) >= 11 is 0. The highest BCUT2D eigenvalue weighted by Crippen LogP contribution is 2.31. The molecule has 2 aromatic carbocycles. The van der Waals surface area contributed by atoms with Gasteiger partial charge in [0, 0.05) is 6.54 Å². The monoisotopic (exact) mass is 456 g/mol. The maximum absolute atomic E-state index is 13.1. The fourth-order valence-corrected chi connectivity index (χ4v) is 3.78. The Morgan fingerprint density at radius 1 is 0.727 bits per heavy atom. The number of fused-ring (bicyclic) bond motifs is 9. The second-order valence-corrected chi connectivity index (χ2v) is 7.52. The number of nitrogens with zero attached hydrogens (tertiary/aromatic N) is 2.